The Morgan fingerprint density at radius 1 is 0.404 bits per heavy atom. The van der Waals surface area contributed by atoms with Crippen LogP contribution in [0.3, 0.4) is 0 Å². The van der Waals surface area contributed by atoms with E-state index in [4.69, 9.17) is 63.4 Å². The van der Waals surface area contributed by atoms with Crippen molar-refractivity contribution in [2.45, 2.75) is 140 Å². The second-order valence-corrected chi connectivity index (χ2v) is 36.3. The highest BCUT2D eigenvalue weighted by molar-refractivity contribution is 9.11. The molecule has 2 unspecified atom stereocenters. The molecular formula is C103H104Br2N26O10. The molecule has 4 aromatic carbocycles. The van der Waals surface area contributed by atoms with Gasteiger partial charge < -0.3 is 63.0 Å². The molecule has 720 valence electrons. The Morgan fingerprint density at radius 2 is 0.787 bits per heavy atom. The number of rotatable bonds is 25. The predicted octanol–water partition coefficient (Wildman–Crippen LogP) is 17.3. The SMILES string of the molecule is COC(=O)C1CCC(c2nc3c(-c4ccn(C)c4Br)cnn3c(N)c2Br)CN1.COC(=O)CCCCCc1cc(N)n2ncc(-c3cnc4ccccc4c3)c2n1.COC(=O)CCCc1cc(N)n2ncc(-c3cnc4ccccc4c3)c2n1.Nc1cc(C2CCC(C(=O)O)CC2)nc2c(-c3cnc4ccccc4c3)cnn12.Nc1cc(CCCCCC(=O)O)nc2c(-c3cnc4ccccc4c3)cnn12. The number of carbonyl (C=O) groups is 5. The van der Waals surface area contributed by atoms with Gasteiger partial charge in [0.2, 0.25) is 0 Å². The largest absolute Gasteiger partial charge is 0.481 e. The molecule has 0 radical (unpaired) electrons. The Hall–Kier alpha value is -15.8. The number of pyridine rings is 4. The fraction of sp³-hybridized carbons (Fsp3) is 0.272. The summed E-state index contributed by atoms with van der Waals surface area (Å²) in [5, 5.41) is 47.5. The fourth-order valence-corrected chi connectivity index (χ4v) is 18.8. The maximum atomic E-state index is 11.8. The summed E-state index contributed by atoms with van der Waals surface area (Å²) in [4.78, 5) is 98.3. The number of carboxylic acid groups (broad SMARTS) is 2. The van der Waals surface area contributed by atoms with Gasteiger partial charge in [0.05, 0.1) is 95.1 Å². The summed E-state index contributed by atoms with van der Waals surface area (Å²) >= 11 is 7.21. The number of carbonyl (C=O) groups excluding carboxylic acids is 3. The molecule has 2 aliphatic rings. The van der Waals surface area contributed by atoms with E-state index in [1.807, 2.05) is 164 Å². The van der Waals surface area contributed by atoms with Gasteiger partial charge in [0.1, 0.15) is 35.1 Å². The number of carboxylic acids is 2. The molecule has 2 fully saturated rings. The summed E-state index contributed by atoms with van der Waals surface area (Å²) in [6.07, 6.45) is 31.5. The lowest BCUT2D eigenvalue weighted by molar-refractivity contribution is -0.144. The highest BCUT2D eigenvalue weighted by Gasteiger charge is 2.33. The van der Waals surface area contributed by atoms with Crippen molar-refractivity contribution in [2.75, 3.05) is 56.5 Å². The highest BCUT2D eigenvalue weighted by atomic mass is 79.9. The number of unbranched alkanes of at least 4 members (excludes halogenated alkanes) is 4. The van der Waals surface area contributed by atoms with Crippen molar-refractivity contribution in [1.82, 2.24) is 103 Å². The summed E-state index contributed by atoms with van der Waals surface area (Å²) in [5.74, 6) is 0.661. The van der Waals surface area contributed by atoms with Crippen LogP contribution in [0, 0.1) is 5.92 Å². The highest BCUT2D eigenvalue weighted by Crippen LogP contribution is 2.41. The van der Waals surface area contributed by atoms with Gasteiger partial charge in [-0.15, -0.1) is 0 Å². The van der Waals surface area contributed by atoms with Gasteiger partial charge in [-0.05, 0) is 176 Å². The molecular weight excluding hydrogens is 1920 g/mol. The van der Waals surface area contributed by atoms with Crippen molar-refractivity contribution < 1.29 is 48.4 Å². The van der Waals surface area contributed by atoms with E-state index in [2.05, 4.69) is 116 Å². The number of esters is 3. The van der Waals surface area contributed by atoms with E-state index in [9.17, 15) is 29.1 Å². The van der Waals surface area contributed by atoms with Crippen LogP contribution in [0.15, 0.2) is 223 Å². The zero-order valence-electron chi connectivity index (χ0n) is 77.9. The number of nitrogens with two attached hydrogens (primary N) is 5. The number of halogens is 2. The maximum Gasteiger partial charge on any atom is 0.322 e. The number of methoxy groups -OCH3 is 3. The Kier molecular flexibility index (Phi) is 30.1. The third-order valence-corrected chi connectivity index (χ3v) is 27.2. The molecule has 19 aromatic rings. The van der Waals surface area contributed by atoms with Crippen molar-refractivity contribution in [3.8, 4) is 55.6 Å². The number of aliphatic carboxylic acids is 2. The molecule has 2 atom stereocenters. The number of aryl methyl sites for hydroxylation is 4. The van der Waals surface area contributed by atoms with Gasteiger partial charge in [-0.1, -0.05) is 85.6 Å². The van der Waals surface area contributed by atoms with Gasteiger partial charge in [0.25, 0.3) is 0 Å². The van der Waals surface area contributed by atoms with Gasteiger partial charge in [-0.2, -0.15) is 48.1 Å². The number of benzene rings is 4. The van der Waals surface area contributed by atoms with Crippen molar-refractivity contribution in [3.05, 3.63) is 251 Å². The molecule has 0 amide bonds. The number of anilines is 5. The smallest absolute Gasteiger partial charge is 0.322 e. The van der Waals surface area contributed by atoms with E-state index in [0.717, 1.165) is 207 Å². The first-order chi connectivity index (χ1) is 68.4. The zero-order chi connectivity index (χ0) is 98.5. The molecule has 13 N–H and O–H groups in total. The van der Waals surface area contributed by atoms with Gasteiger partial charge in [-0.3, -0.25) is 43.9 Å². The van der Waals surface area contributed by atoms with Crippen LogP contribution in [0.25, 0.3) is 127 Å². The van der Waals surface area contributed by atoms with Gasteiger partial charge >= 0.3 is 29.8 Å². The molecule has 0 spiro atoms. The normalized spacial score (nSPS) is 14.7. The predicted molar refractivity (Wildman–Crippen MR) is 547 cm³/mol. The molecule has 1 saturated carbocycles. The zero-order valence-corrected chi connectivity index (χ0v) is 81.1. The molecule has 38 heteroatoms. The first kappa shape index (κ1) is 96.8. The van der Waals surface area contributed by atoms with Gasteiger partial charge in [0, 0.05) is 200 Å². The van der Waals surface area contributed by atoms with Gasteiger partial charge in [0.15, 0.2) is 28.2 Å². The molecule has 21 rings (SSSR count). The second-order valence-electron chi connectivity index (χ2n) is 34.8. The minimum atomic E-state index is -0.753. The number of piperidine rings is 1. The molecule has 1 saturated heterocycles. The minimum absolute atomic E-state index is 0.129. The number of nitrogens with zero attached hydrogens (tertiary/aromatic N) is 20. The van der Waals surface area contributed by atoms with Crippen LogP contribution in [0.1, 0.15) is 143 Å². The van der Waals surface area contributed by atoms with Crippen LogP contribution in [-0.4, -0.2) is 171 Å². The number of hydrogen-bond donors (Lipinski definition) is 8. The summed E-state index contributed by atoms with van der Waals surface area (Å²) in [6, 6.07) is 49.3. The number of nitrogen functional groups attached to an aromatic ring is 5. The Balaban J connectivity index is 0.000000121. The average molecular weight is 2030 g/mol. The van der Waals surface area contributed by atoms with Gasteiger partial charge in [-0.25, -0.2) is 24.9 Å². The number of hydrogen-bond acceptors (Lipinski definition) is 28. The lowest BCUT2D eigenvalue weighted by Crippen LogP contribution is -2.44. The van der Waals surface area contributed by atoms with Crippen LogP contribution in [-0.2, 0) is 64.5 Å². The van der Waals surface area contributed by atoms with Crippen molar-refractivity contribution in [1.29, 1.82) is 0 Å². The van der Waals surface area contributed by atoms with Crippen LogP contribution in [0.4, 0.5) is 29.1 Å². The molecule has 1 aliphatic carbocycles. The quantitative estimate of drug-likeness (QED) is 0.0150. The standard InChI is InChI=1S/C22H21N5O2.C22H23N5O2.C21H21N5O2.C20H19N5O2.C18H20Br2N6O2/c23-20-10-19(13-5-7-14(8-6-13)22(28)29)26-21-17(12-25-27(20)21)16-9-15-3-1-2-4-18(15)24-11-16;1-29-21(28)10-4-2-3-8-17-12-20(23)27-22(26-17)18(14-25-27)16-11-15-7-5-6-9-19(15)24-13-16;22-19-11-16(7-2-1-3-9-20(27)28)25-21-17(13-24-26(19)21)15-10-14-6-4-5-8-18(14)23-12-15;1-27-19(26)8-4-6-15-10-18(21)25-20(24-15)16(12-23-25)14-9-13-5-2-3-7-17(13)22-11-14;1-25-6-5-10(15(25)20)11-8-23-26-16(21)13(19)14(24-17(11)26)9-3-4-12(22-7-9)18(27)28-2/h1-4,9-14H,5-8,23H2,(H,28,29);5-7,9,11-14H,2-4,8,10,23H2,1H3;4-6,8,10-13H,1-3,7,9,22H2,(H,27,28);2-3,5,7,9-12H,4,6,8,21H2,1H3;5-6,8-9,12,22H,3-4,7,21H2,1-2H3. The third-order valence-electron chi connectivity index (χ3n) is 25.4. The van der Waals surface area contributed by atoms with E-state index < -0.39 is 11.9 Å². The maximum absolute atomic E-state index is 11.8. The summed E-state index contributed by atoms with van der Waals surface area (Å²) in [7, 11) is 6.18. The Morgan fingerprint density at radius 3 is 1.18 bits per heavy atom. The molecule has 141 heavy (non-hydrogen) atoms. The summed E-state index contributed by atoms with van der Waals surface area (Å²) in [5.41, 5.74) is 52.1. The average Bonchev–Trinajstić information content (AvgIpc) is 1.62. The van der Waals surface area contributed by atoms with E-state index in [-0.39, 0.29) is 48.1 Å². The Bertz CT molecular complexity index is 7850. The Labute approximate surface area is 824 Å². The first-order valence-electron chi connectivity index (χ1n) is 46.4. The van der Waals surface area contributed by atoms with E-state index >= 15 is 0 Å². The lowest BCUT2D eigenvalue weighted by atomic mass is 9.80. The number of fused-ring (bicyclic) bond motifs is 9. The molecule has 1 aliphatic heterocycles. The van der Waals surface area contributed by atoms with Crippen molar-refractivity contribution >= 4 is 163 Å². The number of ether oxygens (including phenoxy) is 3. The fourth-order valence-electron chi connectivity index (χ4n) is 17.8. The summed E-state index contributed by atoms with van der Waals surface area (Å²) in [6.45, 7) is 0.624. The molecule has 0 bridgehead atoms. The van der Waals surface area contributed by atoms with Crippen LogP contribution in [0.5, 0.6) is 0 Å². The monoisotopic (exact) mass is 2020 g/mol. The first-order valence-corrected chi connectivity index (χ1v) is 48.0. The van der Waals surface area contributed by atoms with E-state index in [1.165, 1.54) is 21.3 Å². The molecule has 15 aromatic heterocycles. The van der Waals surface area contributed by atoms with Crippen LogP contribution >= 0.6 is 31.9 Å². The number of aromatic nitrogens is 20. The second kappa shape index (κ2) is 43.9. The van der Waals surface area contributed by atoms with Crippen LogP contribution in [0.2, 0.25) is 0 Å². The topological polar surface area (TPSA) is 503 Å². The van der Waals surface area contributed by atoms with Crippen molar-refractivity contribution in [2.24, 2.45) is 13.0 Å². The van der Waals surface area contributed by atoms with E-state index in [0.29, 0.717) is 110 Å². The van der Waals surface area contributed by atoms with Crippen molar-refractivity contribution in [3.63, 3.8) is 0 Å². The molecule has 36 nitrogen and oxygen atoms in total. The minimum Gasteiger partial charge on any atom is -0.481 e. The number of para-hydroxylation sites is 4. The lowest BCUT2D eigenvalue weighted by Gasteiger charge is -2.28. The number of nitrogens with one attached hydrogen (secondary N) is 1. The van der Waals surface area contributed by atoms with Crippen LogP contribution < -0.4 is 34.0 Å². The summed E-state index contributed by atoms with van der Waals surface area (Å²) < 4.78 is 26.1. The van der Waals surface area contributed by atoms with E-state index in [1.54, 1.807) is 59.6 Å². The third kappa shape index (κ3) is 22.0. The molecule has 16 heterocycles.